The third kappa shape index (κ3) is 3.83. The second-order valence-electron chi connectivity index (χ2n) is 5.96. The minimum atomic E-state index is -0.122. The number of nitrogens with one attached hydrogen (secondary N) is 2. The zero-order chi connectivity index (χ0) is 15.4. The van der Waals surface area contributed by atoms with Crippen LogP contribution in [0.5, 0.6) is 0 Å². The summed E-state index contributed by atoms with van der Waals surface area (Å²) in [5.74, 6) is 0.997. The summed E-state index contributed by atoms with van der Waals surface area (Å²) >= 11 is 0. The Morgan fingerprint density at radius 3 is 2.52 bits per heavy atom. The van der Waals surface area contributed by atoms with Gasteiger partial charge in [-0.2, -0.15) is 0 Å². The van der Waals surface area contributed by atoms with Crippen molar-refractivity contribution in [1.82, 2.24) is 20.2 Å². The van der Waals surface area contributed by atoms with Crippen molar-refractivity contribution >= 4 is 11.8 Å². The number of hydrogen-bond donors (Lipinski definition) is 2. The van der Waals surface area contributed by atoms with Crippen LogP contribution >= 0.6 is 0 Å². The van der Waals surface area contributed by atoms with Gasteiger partial charge in [0.15, 0.2) is 0 Å². The van der Waals surface area contributed by atoms with Gasteiger partial charge in [-0.25, -0.2) is 4.98 Å². The first-order valence-electron chi connectivity index (χ1n) is 7.57. The molecule has 1 aromatic heterocycles. The molecular formula is C15H24N4O2. The van der Waals surface area contributed by atoms with Gasteiger partial charge in [0.05, 0.1) is 6.04 Å². The summed E-state index contributed by atoms with van der Waals surface area (Å²) in [6.07, 6.45) is 4.88. The standard InChI is InChI=1S/C15H24N4O2/c1-10(2)15(21)19-8-4-12(5-9-19)14(20)18-11(3)13-16-6-7-17-13/h6-7,10-12H,4-5,8-9H2,1-3H3,(H,16,17)(H,18,20). The number of aromatic nitrogens is 2. The van der Waals surface area contributed by atoms with Crippen molar-refractivity contribution in [2.24, 2.45) is 11.8 Å². The predicted octanol–water partition coefficient (Wildman–Crippen LogP) is 1.48. The van der Waals surface area contributed by atoms with E-state index in [-0.39, 0.29) is 29.7 Å². The Labute approximate surface area is 125 Å². The van der Waals surface area contributed by atoms with E-state index < -0.39 is 0 Å². The van der Waals surface area contributed by atoms with Crippen molar-refractivity contribution in [3.63, 3.8) is 0 Å². The fourth-order valence-corrected chi connectivity index (χ4v) is 2.64. The second kappa shape index (κ2) is 6.74. The maximum absolute atomic E-state index is 12.3. The minimum absolute atomic E-state index is 0.0152. The van der Waals surface area contributed by atoms with E-state index in [2.05, 4.69) is 15.3 Å². The number of imidazole rings is 1. The molecule has 0 bridgehead atoms. The topological polar surface area (TPSA) is 78.1 Å². The fraction of sp³-hybridized carbons (Fsp3) is 0.667. The largest absolute Gasteiger partial charge is 0.347 e. The number of amides is 2. The molecule has 0 radical (unpaired) electrons. The van der Waals surface area contributed by atoms with Crippen molar-refractivity contribution in [2.45, 2.75) is 39.7 Å². The summed E-state index contributed by atoms with van der Waals surface area (Å²) in [5, 5.41) is 2.98. The molecular weight excluding hydrogens is 268 g/mol. The Morgan fingerprint density at radius 2 is 2.00 bits per heavy atom. The first kappa shape index (κ1) is 15.5. The molecule has 0 aromatic carbocycles. The van der Waals surface area contributed by atoms with Gasteiger partial charge in [-0.05, 0) is 19.8 Å². The van der Waals surface area contributed by atoms with Gasteiger partial charge in [0.2, 0.25) is 11.8 Å². The summed E-state index contributed by atoms with van der Waals surface area (Å²) in [7, 11) is 0. The molecule has 1 aliphatic heterocycles. The smallest absolute Gasteiger partial charge is 0.225 e. The Hall–Kier alpha value is -1.85. The molecule has 0 spiro atoms. The number of rotatable bonds is 4. The van der Waals surface area contributed by atoms with Crippen LogP contribution < -0.4 is 5.32 Å². The first-order valence-corrected chi connectivity index (χ1v) is 7.57. The van der Waals surface area contributed by atoms with Crippen molar-refractivity contribution in [3.05, 3.63) is 18.2 Å². The molecule has 0 saturated carbocycles. The summed E-state index contributed by atoms with van der Waals surface area (Å²) in [5.41, 5.74) is 0. The molecule has 2 amide bonds. The van der Waals surface area contributed by atoms with Crippen LogP contribution in [0.2, 0.25) is 0 Å². The minimum Gasteiger partial charge on any atom is -0.347 e. The lowest BCUT2D eigenvalue weighted by atomic mass is 9.95. The molecule has 1 fully saturated rings. The Balaban J connectivity index is 1.82. The number of H-pyrrole nitrogens is 1. The highest BCUT2D eigenvalue weighted by Gasteiger charge is 2.29. The van der Waals surface area contributed by atoms with Crippen LogP contribution in [-0.2, 0) is 9.59 Å². The molecule has 116 valence electrons. The Morgan fingerprint density at radius 1 is 1.33 bits per heavy atom. The van der Waals surface area contributed by atoms with Gasteiger partial charge in [0.25, 0.3) is 0 Å². The van der Waals surface area contributed by atoms with Crippen LogP contribution in [0, 0.1) is 11.8 Å². The summed E-state index contributed by atoms with van der Waals surface area (Å²) < 4.78 is 0. The Bertz CT molecular complexity index is 476. The van der Waals surface area contributed by atoms with Crippen LogP contribution in [0.15, 0.2) is 12.4 Å². The molecule has 6 heteroatoms. The molecule has 1 saturated heterocycles. The molecule has 6 nitrogen and oxygen atoms in total. The maximum atomic E-state index is 12.3. The van der Waals surface area contributed by atoms with Gasteiger partial charge in [-0.15, -0.1) is 0 Å². The van der Waals surface area contributed by atoms with E-state index in [0.29, 0.717) is 13.1 Å². The molecule has 1 unspecified atom stereocenters. The summed E-state index contributed by atoms with van der Waals surface area (Å²) in [4.78, 5) is 33.2. The van der Waals surface area contributed by atoms with Crippen molar-refractivity contribution < 1.29 is 9.59 Å². The Kier molecular flexibility index (Phi) is 4.98. The zero-order valence-electron chi connectivity index (χ0n) is 12.9. The van der Waals surface area contributed by atoms with E-state index in [1.807, 2.05) is 25.7 Å². The number of carbonyl (C=O) groups excluding carboxylic acids is 2. The van der Waals surface area contributed by atoms with Gasteiger partial charge >= 0.3 is 0 Å². The number of hydrogen-bond acceptors (Lipinski definition) is 3. The molecule has 2 rings (SSSR count). The summed E-state index contributed by atoms with van der Waals surface area (Å²) in [6.45, 7) is 7.07. The normalized spacial score (nSPS) is 17.8. The van der Waals surface area contributed by atoms with Crippen molar-refractivity contribution in [1.29, 1.82) is 0 Å². The van der Waals surface area contributed by atoms with E-state index in [0.717, 1.165) is 18.7 Å². The SMILES string of the molecule is CC(C)C(=O)N1CCC(C(=O)NC(C)c2ncc[nH]2)CC1. The predicted molar refractivity (Wildman–Crippen MR) is 79.3 cm³/mol. The number of aromatic amines is 1. The van der Waals surface area contributed by atoms with E-state index in [1.54, 1.807) is 12.4 Å². The number of piperidine rings is 1. The van der Waals surface area contributed by atoms with Crippen molar-refractivity contribution in [2.75, 3.05) is 13.1 Å². The molecule has 2 heterocycles. The van der Waals surface area contributed by atoms with Gasteiger partial charge < -0.3 is 15.2 Å². The number of nitrogens with zero attached hydrogens (tertiary/aromatic N) is 2. The molecule has 21 heavy (non-hydrogen) atoms. The zero-order valence-corrected chi connectivity index (χ0v) is 12.9. The number of carbonyl (C=O) groups is 2. The highest BCUT2D eigenvalue weighted by Crippen LogP contribution is 2.20. The van der Waals surface area contributed by atoms with E-state index in [1.165, 1.54) is 0 Å². The van der Waals surface area contributed by atoms with Gasteiger partial charge in [-0.3, -0.25) is 9.59 Å². The average molecular weight is 292 g/mol. The third-order valence-electron chi connectivity index (χ3n) is 3.96. The third-order valence-corrected chi connectivity index (χ3v) is 3.96. The molecule has 1 atom stereocenters. The van der Waals surface area contributed by atoms with Crippen LogP contribution in [-0.4, -0.2) is 39.8 Å². The second-order valence-corrected chi connectivity index (χ2v) is 5.96. The highest BCUT2D eigenvalue weighted by atomic mass is 16.2. The lowest BCUT2D eigenvalue weighted by molar-refractivity contribution is -0.138. The fourth-order valence-electron chi connectivity index (χ4n) is 2.64. The van der Waals surface area contributed by atoms with E-state index >= 15 is 0 Å². The monoisotopic (exact) mass is 292 g/mol. The van der Waals surface area contributed by atoms with Crippen LogP contribution in [0.1, 0.15) is 45.5 Å². The van der Waals surface area contributed by atoms with Crippen LogP contribution in [0.4, 0.5) is 0 Å². The van der Waals surface area contributed by atoms with Gasteiger partial charge in [0.1, 0.15) is 5.82 Å². The lowest BCUT2D eigenvalue weighted by Gasteiger charge is -2.32. The molecule has 1 aromatic rings. The quantitative estimate of drug-likeness (QED) is 0.882. The summed E-state index contributed by atoms with van der Waals surface area (Å²) in [6, 6.07) is -0.122. The van der Waals surface area contributed by atoms with Crippen LogP contribution in [0.3, 0.4) is 0 Å². The lowest BCUT2D eigenvalue weighted by Crippen LogP contribution is -2.44. The van der Waals surface area contributed by atoms with Crippen molar-refractivity contribution in [3.8, 4) is 0 Å². The highest BCUT2D eigenvalue weighted by molar-refractivity contribution is 5.81. The van der Waals surface area contributed by atoms with Crippen LogP contribution in [0.25, 0.3) is 0 Å². The number of likely N-dealkylation sites (tertiary alicyclic amines) is 1. The van der Waals surface area contributed by atoms with Gasteiger partial charge in [0, 0.05) is 37.3 Å². The van der Waals surface area contributed by atoms with E-state index in [9.17, 15) is 9.59 Å². The van der Waals surface area contributed by atoms with E-state index in [4.69, 9.17) is 0 Å². The molecule has 1 aliphatic rings. The molecule has 0 aliphatic carbocycles. The molecule has 2 N–H and O–H groups in total. The van der Waals surface area contributed by atoms with Gasteiger partial charge in [-0.1, -0.05) is 13.8 Å². The first-order chi connectivity index (χ1) is 9.99. The maximum Gasteiger partial charge on any atom is 0.225 e. The average Bonchev–Trinajstić information content (AvgIpc) is 3.00.